The quantitative estimate of drug-likeness (QED) is 0.840. The SMILES string of the molecule is Cc1cccc(C(=O)N2CCCN(C(=O)CC3CC4CCC(C3)N4)CC2)c1.Cl. The Hall–Kier alpha value is -1.59. The summed E-state index contributed by atoms with van der Waals surface area (Å²) in [5.41, 5.74) is 1.85. The fourth-order valence-electron chi connectivity index (χ4n) is 5.05. The van der Waals surface area contributed by atoms with Crippen molar-refractivity contribution in [1.29, 1.82) is 0 Å². The van der Waals surface area contributed by atoms with E-state index in [9.17, 15) is 9.59 Å². The first kappa shape index (κ1) is 21.1. The second kappa shape index (κ2) is 9.27. The van der Waals surface area contributed by atoms with E-state index in [0.29, 0.717) is 37.5 Å². The van der Waals surface area contributed by atoms with E-state index in [2.05, 4.69) is 5.32 Å². The molecule has 6 heteroatoms. The largest absolute Gasteiger partial charge is 0.341 e. The van der Waals surface area contributed by atoms with Crippen LogP contribution in [0.25, 0.3) is 0 Å². The number of carbonyl (C=O) groups is 2. The lowest BCUT2D eigenvalue weighted by atomic mass is 9.89. The number of carbonyl (C=O) groups excluding carboxylic acids is 2. The van der Waals surface area contributed by atoms with Crippen LogP contribution in [0.15, 0.2) is 24.3 Å². The molecule has 2 bridgehead atoms. The van der Waals surface area contributed by atoms with Crippen LogP contribution in [0.4, 0.5) is 0 Å². The molecule has 3 aliphatic heterocycles. The molecule has 3 aliphatic rings. The van der Waals surface area contributed by atoms with Crippen molar-refractivity contribution in [2.24, 2.45) is 5.92 Å². The Labute approximate surface area is 174 Å². The fourth-order valence-corrected chi connectivity index (χ4v) is 5.05. The summed E-state index contributed by atoms with van der Waals surface area (Å²) in [7, 11) is 0. The van der Waals surface area contributed by atoms with Crippen LogP contribution in [0.2, 0.25) is 0 Å². The minimum atomic E-state index is 0. The van der Waals surface area contributed by atoms with Crippen molar-refractivity contribution < 1.29 is 9.59 Å². The smallest absolute Gasteiger partial charge is 0.253 e. The first-order chi connectivity index (χ1) is 13.1. The van der Waals surface area contributed by atoms with Gasteiger partial charge in [0.1, 0.15) is 0 Å². The highest BCUT2D eigenvalue weighted by Crippen LogP contribution is 2.33. The topological polar surface area (TPSA) is 52.7 Å². The second-order valence-corrected chi connectivity index (χ2v) is 8.58. The Morgan fingerprint density at radius 3 is 2.43 bits per heavy atom. The van der Waals surface area contributed by atoms with Gasteiger partial charge in [0.05, 0.1) is 0 Å². The number of nitrogens with one attached hydrogen (secondary N) is 1. The van der Waals surface area contributed by atoms with Gasteiger partial charge in [0, 0.05) is 50.2 Å². The number of hydrogen-bond donors (Lipinski definition) is 1. The third-order valence-corrected chi connectivity index (χ3v) is 6.43. The van der Waals surface area contributed by atoms with Gasteiger partial charge in [0.2, 0.25) is 5.91 Å². The minimum Gasteiger partial charge on any atom is -0.341 e. The first-order valence-corrected chi connectivity index (χ1v) is 10.5. The van der Waals surface area contributed by atoms with Crippen LogP contribution >= 0.6 is 12.4 Å². The number of nitrogens with zero attached hydrogens (tertiary/aromatic N) is 2. The number of aryl methyl sites for hydroxylation is 1. The van der Waals surface area contributed by atoms with Gasteiger partial charge >= 0.3 is 0 Å². The minimum absolute atomic E-state index is 0. The van der Waals surface area contributed by atoms with Crippen LogP contribution in [-0.4, -0.2) is 59.9 Å². The first-order valence-electron chi connectivity index (χ1n) is 10.5. The maximum absolute atomic E-state index is 12.8. The zero-order chi connectivity index (χ0) is 18.8. The summed E-state index contributed by atoms with van der Waals surface area (Å²) in [6, 6.07) is 9.03. The van der Waals surface area contributed by atoms with E-state index < -0.39 is 0 Å². The van der Waals surface area contributed by atoms with Crippen LogP contribution in [0.1, 0.15) is 54.4 Å². The summed E-state index contributed by atoms with van der Waals surface area (Å²) in [6.45, 7) is 4.80. The number of fused-ring (bicyclic) bond motifs is 2. The van der Waals surface area contributed by atoms with Gasteiger partial charge in [0.15, 0.2) is 0 Å². The van der Waals surface area contributed by atoms with Gasteiger partial charge in [-0.3, -0.25) is 9.59 Å². The molecule has 2 amide bonds. The maximum atomic E-state index is 12.8. The normalized spacial score (nSPS) is 27.1. The van der Waals surface area contributed by atoms with Crippen molar-refractivity contribution in [3.8, 4) is 0 Å². The zero-order valence-electron chi connectivity index (χ0n) is 16.7. The zero-order valence-corrected chi connectivity index (χ0v) is 17.5. The highest BCUT2D eigenvalue weighted by Gasteiger charge is 2.35. The lowest BCUT2D eigenvalue weighted by molar-refractivity contribution is -0.132. The monoisotopic (exact) mass is 405 g/mol. The van der Waals surface area contributed by atoms with Gasteiger partial charge in [-0.05, 0) is 57.1 Å². The molecule has 0 spiro atoms. The van der Waals surface area contributed by atoms with Gasteiger partial charge in [-0.2, -0.15) is 0 Å². The number of rotatable bonds is 3. The summed E-state index contributed by atoms with van der Waals surface area (Å²) < 4.78 is 0. The third kappa shape index (κ3) is 4.87. The molecule has 2 unspecified atom stereocenters. The van der Waals surface area contributed by atoms with Crippen LogP contribution in [-0.2, 0) is 4.79 Å². The molecule has 0 aliphatic carbocycles. The van der Waals surface area contributed by atoms with Crippen molar-refractivity contribution in [2.45, 2.75) is 57.5 Å². The Balaban J connectivity index is 0.00000225. The van der Waals surface area contributed by atoms with E-state index in [1.54, 1.807) is 0 Å². The molecule has 0 saturated carbocycles. The van der Waals surface area contributed by atoms with E-state index in [0.717, 1.165) is 43.5 Å². The molecule has 1 aromatic rings. The van der Waals surface area contributed by atoms with E-state index in [1.165, 1.54) is 12.8 Å². The van der Waals surface area contributed by atoms with Crippen LogP contribution in [0, 0.1) is 12.8 Å². The average Bonchev–Trinajstić information content (AvgIpc) is 2.86. The van der Waals surface area contributed by atoms with E-state index in [1.807, 2.05) is 41.0 Å². The molecular formula is C22H32ClN3O2. The molecule has 2 atom stereocenters. The Morgan fingerprint density at radius 2 is 1.71 bits per heavy atom. The standard InChI is InChI=1S/C22H31N3O2.ClH/c1-16-4-2-5-18(12-16)22(27)25-9-3-8-24(10-11-25)21(26)15-17-13-19-6-7-20(14-17)23-19;/h2,4-5,12,17,19-20,23H,3,6-11,13-15H2,1H3;1H. The molecule has 3 saturated heterocycles. The molecule has 154 valence electrons. The summed E-state index contributed by atoms with van der Waals surface area (Å²) >= 11 is 0. The van der Waals surface area contributed by atoms with Gasteiger partial charge in [-0.1, -0.05) is 17.7 Å². The predicted molar refractivity (Wildman–Crippen MR) is 113 cm³/mol. The van der Waals surface area contributed by atoms with Gasteiger partial charge in [-0.25, -0.2) is 0 Å². The maximum Gasteiger partial charge on any atom is 0.253 e. The molecule has 1 N–H and O–H groups in total. The molecule has 0 radical (unpaired) electrons. The van der Waals surface area contributed by atoms with Gasteiger partial charge < -0.3 is 15.1 Å². The highest BCUT2D eigenvalue weighted by atomic mass is 35.5. The van der Waals surface area contributed by atoms with Crippen molar-refractivity contribution in [3.63, 3.8) is 0 Å². The van der Waals surface area contributed by atoms with E-state index in [4.69, 9.17) is 0 Å². The van der Waals surface area contributed by atoms with Crippen LogP contribution in [0.3, 0.4) is 0 Å². The molecule has 5 nitrogen and oxygen atoms in total. The Kier molecular flexibility index (Phi) is 7.00. The van der Waals surface area contributed by atoms with Crippen LogP contribution in [0.5, 0.6) is 0 Å². The van der Waals surface area contributed by atoms with Crippen molar-refractivity contribution in [2.75, 3.05) is 26.2 Å². The summed E-state index contributed by atoms with van der Waals surface area (Å²) in [4.78, 5) is 29.5. The lowest BCUT2D eigenvalue weighted by Crippen LogP contribution is -2.41. The number of piperidine rings is 1. The number of halogens is 1. The van der Waals surface area contributed by atoms with Crippen LogP contribution < -0.4 is 5.32 Å². The Morgan fingerprint density at radius 1 is 1.04 bits per heavy atom. The molecule has 4 rings (SSSR count). The van der Waals surface area contributed by atoms with Crippen molar-refractivity contribution in [1.82, 2.24) is 15.1 Å². The second-order valence-electron chi connectivity index (χ2n) is 8.58. The van der Waals surface area contributed by atoms with E-state index >= 15 is 0 Å². The lowest BCUT2D eigenvalue weighted by Gasteiger charge is -2.30. The summed E-state index contributed by atoms with van der Waals surface area (Å²) in [5.74, 6) is 0.901. The molecule has 1 aromatic carbocycles. The molecule has 0 aromatic heterocycles. The van der Waals surface area contributed by atoms with Gasteiger partial charge in [0.25, 0.3) is 5.91 Å². The number of benzene rings is 1. The average molecular weight is 406 g/mol. The highest BCUT2D eigenvalue weighted by molar-refractivity contribution is 5.94. The predicted octanol–water partition coefficient (Wildman–Crippen LogP) is 3.01. The number of hydrogen-bond acceptors (Lipinski definition) is 3. The molecule has 28 heavy (non-hydrogen) atoms. The van der Waals surface area contributed by atoms with Crippen molar-refractivity contribution >= 4 is 24.2 Å². The molecule has 3 heterocycles. The molecular weight excluding hydrogens is 374 g/mol. The van der Waals surface area contributed by atoms with Gasteiger partial charge in [-0.15, -0.1) is 12.4 Å². The van der Waals surface area contributed by atoms with E-state index in [-0.39, 0.29) is 24.2 Å². The van der Waals surface area contributed by atoms with Crippen molar-refractivity contribution in [3.05, 3.63) is 35.4 Å². The molecule has 3 fully saturated rings. The fraction of sp³-hybridized carbons (Fsp3) is 0.636. The third-order valence-electron chi connectivity index (χ3n) is 6.43. The summed E-state index contributed by atoms with van der Waals surface area (Å²) in [5, 5.41) is 3.65. The Bertz CT molecular complexity index is 699. The summed E-state index contributed by atoms with van der Waals surface area (Å²) in [6.07, 6.45) is 6.38. The number of amides is 2.